The molecular weight excluding hydrogens is 178 g/mol. The topological polar surface area (TPSA) is 29.5 Å². The number of amides is 1. The van der Waals surface area contributed by atoms with Gasteiger partial charge in [-0.25, -0.2) is 4.79 Å². The summed E-state index contributed by atoms with van der Waals surface area (Å²) in [5.41, 5.74) is 3.54. The lowest BCUT2D eigenvalue weighted by atomic mass is 10.2. The van der Waals surface area contributed by atoms with Gasteiger partial charge in [0.1, 0.15) is 6.61 Å². The standard InChI is InChI=1S/C11H13NO2/c1-3-5-6-7-10(4-2)12-8-9-14-11(12)13/h1H,2,5-9H2. The molecule has 0 saturated carbocycles. The Hall–Kier alpha value is -1.65. The first-order valence-corrected chi connectivity index (χ1v) is 4.56. The number of carbonyl (C=O) groups excluding carboxylic acids is 1. The molecule has 1 heterocycles. The van der Waals surface area contributed by atoms with Gasteiger partial charge in [-0.1, -0.05) is 6.58 Å². The minimum atomic E-state index is -0.308. The molecular formula is C11H13NO2. The summed E-state index contributed by atoms with van der Waals surface area (Å²) in [6.07, 6.45) is 7.10. The van der Waals surface area contributed by atoms with E-state index in [2.05, 4.69) is 18.2 Å². The van der Waals surface area contributed by atoms with Crippen LogP contribution in [-0.2, 0) is 4.74 Å². The van der Waals surface area contributed by atoms with E-state index in [-0.39, 0.29) is 6.09 Å². The van der Waals surface area contributed by atoms with Crippen LogP contribution in [0.15, 0.2) is 18.0 Å². The van der Waals surface area contributed by atoms with Crippen LogP contribution in [0.5, 0.6) is 0 Å². The SMILES string of the molecule is C#CCCCC(=C=C)N1CCOC1=O. The minimum Gasteiger partial charge on any atom is -0.447 e. The van der Waals surface area contributed by atoms with Gasteiger partial charge in [-0.3, -0.25) is 4.90 Å². The van der Waals surface area contributed by atoms with E-state index in [0.29, 0.717) is 19.6 Å². The third kappa shape index (κ3) is 2.42. The van der Waals surface area contributed by atoms with Crippen molar-refractivity contribution in [1.82, 2.24) is 4.90 Å². The number of ether oxygens (including phenoxy) is 1. The number of carbonyl (C=O) groups is 1. The Morgan fingerprint density at radius 2 is 2.50 bits per heavy atom. The lowest BCUT2D eigenvalue weighted by molar-refractivity contribution is 0.163. The fourth-order valence-electron chi connectivity index (χ4n) is 1.32. The summed E-state index contributed by atoms with van der Waals surface area (Å²) in [5, 5.41) is 0. The first-order valence-electron chi connectivity index (χ1n) is 4.56. The first-order chi connectivity index (χ1) is 6.79. The molecule has 0 aromatic rings. The third-order valence-corrected chi connectivity index (χ3v) is 2.03. The molecule has 0 N–H and O–H groups in total. The first kappa shape index (κ1) is 10.4. The van der Waals surface area contributed by atoms with Gasteiger partial charge in [-0.05, 0) is 12.8 Å². The summed E-state index contributed by atoms with van der Waals surface area (Å²) in [4.78, 5) is 12.7. The van der Waals surface area contributed by atoms with Gasteiger partial charge in [0.15, 0.2) is 0 Å². The molecule has 0 aromatic heterocycles. The van der Waals surface area contributed by atoms with E-state index in [1.807, 2.05) is 0 Å². The Bertz CT molecular complexity index is 308. The van der Waals surface area contributed by atoms with Crippen molar-refractivity contribution in [3.05, 3.63) is 18.0 Å². The predicted octanol–water partition coefficient (Wildman–Crippen LogP) is 1.91. The van der Waals surface area contributed by atoms with E-state index in [4.69, 9.17) is 11.2 Å². The van der Waals surface area contributed by atoms with Gasteiger partial charge < -0.3 is 4.74 Å². The van der Waals surface area contributed by atoms with Crippen molar-refractivity contribution < 1.29 is 9.53 Å². The summed E-state index contributed by atoms with van der Waals surface area (Å²) in [6.45, 7) is 4.59. The fourth-order valence-corrected chi connectivity index (χ4v) is 1.32. The van der Waals surface area contributed by atoms with E-state index in [0.717, 1.165) is 18.5 Å². The largest absolute Gasteiger partial charge is 0.447 e. The highest BCUT2D eigenvalue weighted by Gasteiger charge is 2.24. The molecule has 0 spiro atoms. The number of rotatable bonds is 4. The number of nitrogens with zero attached hydrogens (tertiary/aromatic N) is 1. The van der Waals surface area contributed by atoms with Gasteiger partial charge in [0.05, 0.1) is 12.2 Å². The molecule has 1 saturated heterocycles. The average Bonchev–Trinajstić information content (AvgIpc) is 2.60. The Morgan fingerprint density at radius 3 is 3.00 bits per heavy atom. The highest BCUT2D eigenvalue weighted by molar-refractivity contribution is 5.71. The maximum Gasteiger partial charge on any atom is 0.414 e. The lowest BCUT2D eigenvalue weighted by Crippen LogP contribution is -2.23. The highest BCUT2D eigenvalue weighted by atomic mass is 16.6. The molecule has 1 aliphatic rings. The van der Waals surface area contributed by atoms with E-state index in [1.165, 1.54) is 0 Å². The van der Waals surface area contributed by atoms with Crippen molar-refractivity contribution in [1.29, 1.82) is 0 Å². The second kappa shape index (κ2) is 5.16. The van der Waals surface area contributed by atoms with E-state index in [1.54, 1.807) is 4.90 Å². The molecule has 0 bridgehead atoms. The Kier molecular flexibility index (Phi) is 3.84. The van der Waals surface area contributed by atoms with Crippen LogP contribution >= 0.6 is 0 Å². The molecule has 3 nitrogen and oxygen atoms in total. The summed E-state index contributed by atoms with van der Waals surface area (Å²) >= 11 is 0. The van der Waals surface area contributed by atoms with Crippen LogP contribution in [0.1, 0.15) is 19.3 Å². The Labute approximate surface area is 84.0 Å². The molecule has 1 rings (SSSR count). The zero-order valence-electron chi connectivity index (χ0n) is 8.08. The van der Waals surface area contributed by atoms with Gasteiger partial charge in [0.2, 0.25) is 0 Å². The molecule has 0 atom stereocenters. The van der Waals surface area contributed by atoms with E-state index < -0.39 is 0 Å². The molecule has 0 aromatic carbocycles. The highest BCUT2D eigenvalue weighted by Crippen LogP contribution is 2.16. The van der Waals surface area contributed by atoms with Crippen LogP contribution in [0.25, 0.3) is 0 Å². The molecule has 0 radical (unpaired) electrons. The molecule has 0 aliphatic carbocycles. The van der Waals surface area contributed by atoms with Crippen molar-refractivity contribution in [3.63, 3.8) is 0 Å². The second-order valence-corrected chi connectivity index (χ2v) is 2.95. The second-order valence-electron chi connectivity index (χ2n) is 2.95. The van der Waals surface area contributed by atoms with Crippen molar-refractivity contribution in [2.24, 2.45) is 0 Å². The summed E-state index contributed by atoms with van der Waals surface area (Å²) in [7, 11) is 0. The molecule has 1 fully saturated rings. The zero-order chi connectivity index (χ0) is 10.4. The summed E-state index contributed by atoms with van der Waals surface area (Å²) in [6, 6.07) is 0. The number of terminal acetylenes is 1. The normalized spacial score (nSPS) is 14.5. The van der Waals surface area contributed by atoms with Crippen molar-refractivity contribution in [3.8, 4) is 12.3 Å². The number of hydrogen-bond donors (Lipinski definition) is 0. The number of hydrogen-bond acceptors (Lipinski definition) is 2. The van der Waals surface area contributed by atoms with Crippen LogP contribution in [0.4, 0.5) is 4.79 Å². The van der Waals surface area contributed by atoms with Crippen LogP contribution in [0.3, 0.4) is 0 Å². The van der Waals surface area contributed by atoms with Gasteiger partial charge in [-0.2, -0.15) is 0 Å². The average molecular weight is 191 g/mol. The summed E-state index contributed by atoms with van der Waals surface area (Å²) in [5.74, 6) is 2.55. The van der Waals surface area contributed by atoms with Gasteiger partial charge >= 0.3 is 6.09 Å². The smallest absolute Gasteiger partial charge is 0.414 e. The molecule has 0 unspecified atom stereocenters. The minimum absolute atomic E-state index is 0.308. The monoisotopic (exact) mass is 191 g/mol. The maximum atomic E-state index is 11.2. The van der Waals surface area contributed by atoms with E-state index >= 15 is 0 Å². The molecule has 14 heavy (non-hydrogen) atoms. The van der Waals surface area contributed by atoms with E-state index in [9.17, 15) is 4.79 Å². The van der Waals surface area contributed by atoms with Gasteiger partial charge in [-0.15, -0.1) is 18.1 Å². The van der Waals surface area contributed by atoms with Gasteiger partial charge in [0.25, 0.3) is 0 Å². The van der Waals surface area contributed by atoms with Crippen molar-refractivity contribution in [2.45, 2.75) is 19.3 Å². The lowest BCUT2D eigenvalue weighted by Gasteiger charge is -2.13. The van der Waals surface area contributed by atoms with Crippen molar-refractivity contribution in [2.75, 3.05) is 13.2 Å². The number of allylic oxidation sites excluding steroid dienone is 1. The summed E-state index contributed by atoms with van der Waals surface area (Å²) < 4.78 is 4.81. The van der Waals surface area contributed by atoms with Crippen LogP contribution < -0.4 is 0 Å². The Balaban J connectivity index is 2.51. The molecule has 3 heteroatoms. The van der Waals surface area contributed by atoms with Crippen LogP contribution in [0, 0.1) is 12.3 Å². The number of cyclic esters (lactones) is 1. The van der Waals surface area contributed by atoms with Crippen LogP contribution in [-0.4, -0.2) is 24.1 Å². The third-order valence-electron chi connectivity index (χ3n) is 2.03. The Morgan fingerprint density at radius 1 is 1.71 bits per heavy atom. The molecule has 1 amide bonds. The quantitative estimate of drug-likeness (QED) is 0.386. The predicted molar refractivity (Wildman–Crippen MR) is 53.4 cm³/mol. The fraction of sp³-hybridized carbons (Fsp3) is 0.455. The van der Waals surface area contributed by atoms with Gasteiger partial charge in [0, 0.05) is 6.42 Å². The number of unbranched alkanes of at least 4 members (excludes halogenated alkanes) is 1. The maximum absolute atomic E-state index is 11.2. The zero-order valence-corrected chi connectivity index (χ0v) is 8.08. The molecule has 74 valence electrons. The van der Waals surface area contributed by atoms with Crippen molar-refractivity contribution >= 4 is 6.09 Å². The molecule has 1 aliphatic heterocycles. The van der Waals surface area contributed by atoms with Crippen LogP contribution in [0.2, 0.25) is 0 Å².